The molecule has 9 heteroatoms. The molecule has 0 aliphatic rings. The Balaban J connectivity index is 1.99. The number of rotatable bonds is 10. The van der Waals surface area contributed by atoms with E-state index in [4.69, 9.17) is 4.74 Å². The minimum atomic E-state index is -0.662. The number of methoxy groups -OCH3 is 1. The normalized spacial score (nSPS) is 10.1. The second kappa shape index (κ2) is 10.5. The van der Waals surface area contributed by atoms with Crippen LogP contribution in [0.4, 0.5) is 11.4 Å². The van der Waals surface area contributed by atoms with E-state index in [1.165, 1.54) is 30.2 Å². The first kappa shape index (κ1) is 21.5. The molecule has 9 nitrogen and oxygen atoms in total. The van der Waals surface area contributed by atoms with Gasteiger partial charge in [-0.15, -0.1) is 0 Å². The highest BCUT2D eigenvalue weighted by Gasteiger charge is 2.20. The second-order valence-corrected chi connectivity index (χ2v) is 5.91. The third-order valence-electron chi connectivity index (χ3n) is 4.03. The lowest BCUT2D eigenvalue weighted by Crippen LogP contribution is -2.36. The average Bonchev–Trinajstić information content (AvgIpc) is 2.74. The van der Waals surface area contributed by atoms with Crippen molar-refractivity contribution in [2.45, 2.75) is 12.8 Å². The Morgan fingerprint density at radius 2 is 1.86 bits per heavy atom. The van der Waals surface area contributed by atoms with Crippen LogP contribution in [0.25, 0.3) is 0 Å². The van der Waals surface area contributed by atoms with Gasteiger partial charge in [0.1, 0.15) is 17.9 Å². The predicted octanol–water partition coefficient (Wildman–Crippen LogP) is 2.77. The molecule has 0 fully saturated rings. The van der Waals surface area contributed by atoms with E-state index >= 15 is 0 Å². The van der Waals surface area contributed by atoms with Crippen LogP contribution in [0, 0.1) is 10.1 Å². The summed E-state index contributed by atoms with van der Waals surface area (Å²) < 4.78 is 10.1. The Morgan fingerprint density at radius 1 is 1.14 bits per heavy atom. The number of nitro benzene ring substituents is 1. The standard InChI is InChI=1S/C20H20N2O7/c1-28-20(25)13-21(15-7-3-2-4-8-15)19(24)11-6-12-29-18-10-5-9-17(22(26)27)16(18)14-23/h2-5,7-10,14H,6,11-13H2,1H3. The highest BCUT2D eigenvalue weighted by molar-refractivity contribution is 5.97. The van der Waals surface area contributed by atoms with Crippen LogP contribution in [0.1, 0.15) is 23.2 Å². The Labute approximate surface area is 167 Å². The maximum atomic E-state index is 12.6. The maximum Gasteiger partial charge on any atom is 0.325 e. The van der Waals surface area contributed by atoms with Crippen molar-refractivity contribution in [1.29, 1.82) is 0 Å². The van der Waals surface area contributed by atoms with Crippen molar-refractivity contribution < 1.29 is 28.8 Å². The smallest absolute Gasteiger partial charge is 0.325 e. The molecule has 0 aromatic heterocycles. The van der Waals surface area contributed by atoms with Gasteiger partial charge in [0.2, 0.25) is 5.91 Å². The summed E-state index contributed by atoms with van der Waals surface area (Å²) in [7, 11) is 1.24. The Bertz CT molecular complexity index is 884. The third-order valence-corrected chi connectivity index (χ3v) is 4.03. The first-order valence-electron chi connectivity index (χ1n) is 8.75. The van der Waals surface area contributed by atoms with Gasteiger partial charge in [-0.1, -0.05) is 24.3 Å². The van der Waals surface area contributed by atoms with Gasteiger partial charge < -0.3 is 14.4 Å². The maximum absolute atomic E-state index is 12.6. The Kier molecular flexibility index (Phi) is 7.84. The van der Waals surface area contributed by atoms with Gasteiger partial charge in [-0.05, 0) is 24.6 Å². The van der Waals surface area contributed by atoms with Crippen LogP contribution in [-0.2, 0) is 14.3 Å². The van der Waals surface area contributed by atoms with E-state index in [1.807, 2.05) is 0 Å². The highest BCUT2D eigenvalue weighted by Crippen LogP contribution is 2.26. The van der Waals surface area contributed by atoms with Gasteiger partial charge in [-0.25, -0.2) is 0 Å². The molecule has 0 radical (unpaired) electrons. The summed E-state index contributed by atoms with van der Waals surface area (Å²) in [6, 6.07) is 12.8. The number of aldehydes is 1. The topological polar surface area (TPSA) is 116 Å². The molecule has 2 aromatic rings. The third kappa shape index (κ3) is 5.86. The summed E-state index contributed by atoms with van der Waals surface area (Å²) in [4.78, 5) is 47.0. The monoisotopic (exact) mass is 400 g/mol. The van der Waals surface area contributed by atoms with Crippen LogP contribution in [0.2, 0.25) is 0 Å². The molecule has 0 spiro atoms. The number of anilines is 1. The van der Waals surface area contributed by atoms with Crippen molar-refractivity contribution in [3.05, 3.63) is 64.2 Å². The summed E-state index contributed by atoms with van der Waals surface area (Å²) in [5.74, 6) is -0.776. The van der Waals surface area contributed by atoms with Crippen LogP contribution < -0.4 is 9.64 Å². The van der Waals surface area contributed by atoms with Gasteiger partial charge in [-0.2, -0.15) is 0 Å². The van der Waals surface area contributed by atoms with Gasteiger partial charge in [0.05, 0.1) is 18.6 Å². The number of ether oxygens (including phenoxy) is 2. The van der Waals surface area contributed by atoms with Gasteiger partial charge in [-0.3, -0.25) is 24.5 Å². The van der Waals surface area contributed by atoms with Crippen molar-refractivity contribution in [3.63, 3.8) is 0 Å². The number of benzene rings is 2. The van der Waals surface area contributed by atoms with E-state index in [-0.39, 0.29) is 48.9 Å². The van der Waals surface area contributed by atoms with Gasteiger partial charge in [0.15, 0.2) is 6.29 Å². The number of nitro groups is 1. The van der Waals surface area contributed by atoms with Crippen molar-refractivity contribution in [3.8, 4) is 5.75 Å². The number of para-hydroxylation sites is 1. The Morgan fingerprint density at radius 3 is 2.48 bits per heavy atom. The lowest BCUT2D eigenvalue weighted by Gasteiger charge is -2.21. The van der Waals surface area contributed by atoms with Crippen LogP contribution in [0.3, 0.4) is 0 Å². The molecular formula is C20H20N2O7. The molecule has 0 unspecified atom stereocenters. The van der Waals surface area contributed by atoms with Crippen molar-refractivity contribution >= 4 is 29.5 Å². The lowest BCUT2D eigenvalue weighted by atomic mass is 10.2. The fourth-order valence-corrected chi connectivity index (χ4v) is 2.60. The zero-order chi connectivity index (χ0) is 21.2. The number of esters is 1. The van der Waals surface area contributed by atoms with Crippen LogP contribution in [0.15, 0.2) is 48.5 Å². The zero-order valence-corrected chi connectivity index (χ0v) is 15.8. The molecule has 152 valence electrons. The molecule has 0 heterocycles. The van der Waals surface area contributed by atoms with Gasteiger partial charge >= 0.3 is 5.97 Å². The average molecular weight is 400 g/mol. The minimum Gasteiger partial charge on any atom is -0.493 e. The summed E-state index contributed by atoms with van der Waals surface area (Å²) in [5.41, 5.74) is 0.0630. The number of amides is 1. The molecule has 0 bridgehead atoms. The van der Waals surface area contributed by atoms with Crippen LogP contribution in [0.5, 0.6) is 5.75 Å². The fourth-order valence-electron chi connectivity index (χ4n) is 2.60. The minimum absolute atomic E-state index is 0.0641. The van der Waals surface area contributed by atoms with Crippen molar-refractivity contribution in [2.75, 3.05) is 25.2 Å². The van der Waals surface area contributed by atoms with Crippen molar-refractivity contribution in [1.82, 2.24) is 0 Å². The predicted molar refractivity (Wildman–Crippen MR) is 104 cm³/mol. The fraction of sp³-hybridized carbons (Fsp3) is 0.250. The first-order chi connectivity index (χ1) is 14.0. The van der Waals surface area contributed by atoms with Gasteiger partial charge in [0, 0.05) is 18.2 Å². The zero-order valence-electron chi connectivity index (χ0n) is 15.8. The molecule has 0 saturated heterocycles. The highest BCUT2D eigenvalue weighted by atomic mass is 16.6. The van der Waals surface area contributed by atoms with Gasteiger partial charge in [0.25, 0.3) is 5.69 Å². The number of hydrogen-bond acceptors (Lipinski definition) is 7. The summed E-state index contributed by atoms with van der Waals surface area (Å²) in [5, 5.41) is 11.0. The molecule has 0 N–H and O–H groups in total. The van der Waals surface area contributed by atoms with Crippen LogP contribution >= 0.6 is 0 Å². The lowest BCUT2D eigenvalue weighted by molar-refractivity contribution is -0.385. The van der Waals surface area contributed by atoms with E-state index in [9.17, 15) is 24.5 Å². The molecule has 2 rings (SSSR count). The summed E-state index contributed by atoms with van der Waals surface area (Å²) >= 11 is 0. The van der Waals surface area contributed by atoms with E-state index in [2.05, 4.69) is 4.74 Å². The first-order valence-corrected chi connectivity index (χ1v) is 8.75. The van der Waals surface area contributed by atoms with E-state index in [0.29, 0.717) is 12.0 Å². The van der Waals surface area contributed by atoms with E-state index < -0.39 is 10.9 Å². The van der Waals surface area contributed by atoms with E-state index in [1.54, 1.807) is 30.3 Å². The molecule has 0 atom stereocenters. The molecule has 0 saturated carbocycles. The molecule has 1 amide bonds. The largest absolute Gasteiger partial charge is 0.493 e. The second-order valence-electron chi connectivity index (χ2n) is 5.91. The Hall–Kier alpha value is -3.75. The molecule has 0 aliphatic carbocycles. The van der Waals surface area contributed by atoms with E-state index in [0.717, 1.165) is 0 Å². The number of nitrogens with zero attached hydrogens (tertiary/aromatic N) is 2. The molecule has 0 aliphatic heterocycles. The quantitative estimate of drug-likeness (QED) is 0.198. The summed E-state index contributed by atoms with van der Waals surface area (Å²) in [6.07, 6.45) is 0.716. The summed E-state index contributed by atoms with van der Waals surface area (Å²) in [6.45, 7) is -0.158. The molecular weight excluding hydrogens is 380 g/mol. The number of carbonyl (C=O) groups is 3. The SMILES string of the molecule is COC(=O)CN(C(=O)CCCOc1cccc([N+](=O)[O-])c1C=O)c1ccccc1. The molecule has 2 aromatic carbocycles. The van der Waals surface area contributed by atoms with Crippen molar-refractivity contribution in [2.24, 2.45) is 0 Å². The number of hydrogen-bond donors (Lipinski definition) is 0. The van der Waals surface area contributed by atoms with Crippen LogP contribution in [-0.4, -0.2) is 43.3 Å². The molecule has 29 heavy (non-hydrogen) atoms. The number of carbonyl (C=O) groups excluding carboxylic acids is 3.